The van der Waals surface area contributed by atoms with Crippen molar-refractivity contribution in [1.82, 2.24) is 14.5 Å². The number of rotatable bonds is 2. The third-order valence-corrected chi connectivity index (χ3v) is 2.02. The number of aromatic nitrogens is 2. The van der Waals surface area contributed by atoms with Gasteiger partial charge in [0, 0.05) is 19.4 Å². The van der Waals surface area contributed by atoms with Crippen LogP contribution in [0.1, 0.15) is 5.76 Å². The van der Waals surface area contributed by atoms with Crippen LogP contribution in [-0.4, -0.2) is 27.5 Å². The van der Waals surface area contributed by atoms with Crippen LogP contribution >= 0.6 is 0 Å². The second-order valence-corrected chi connectivity index (χ2v) is 3.19. The lowest BCUT2D eigenvalue weighted by Gasteiger charge is -2.15. The van der Waals surface area contributed by atoms with Gasteiger partial charge in [0.15, 0.2) is 0 Å². The minimum absolute atomic E-state index is 0.135. The summed E-state index contributed by atoms with van der Waals surface area (Å²) in [5.74, 6) is 0.756. The van der Waals surface area contributed by atoms with Crippen molar-refractivity contribution in [1.29, 1.82) is 0 Å². The summed E-state index contributed by atoms with van der Waals surface area (Å²) in [7, 11) is 1.71. The van der Waals surface area contributed by atoms with E-state index in [1.165, 1.54) is 10.9 Å². The fourth-order valence-corrected chi connectivity index (χ4v) is 1.27. The Labute approximate surface area is 86.9 Å². The van der Waals surface area contributed by atoms with E-state index in [4.69, 9.17) is 4.42 Å². The van der Waals surface area contributed by atoms with E-state index in [9.17, 15) is 4.79 Å². The Bertz CT molecular complexity index is 419. The van der Waals surface area contributed by atoms with Crippen molar-refractivity contribution >= 4 is 6.03 Å². The number of hydrogen-bond donors (Lipinski definition) is 0. The lowest BCUT2D eigenvalue weighted by atomic mass is 10.4. The summed E-state index contributed by atoms with van der Waals surface area (Å²) in [6, 6.07) is 3.49. The van der Waals surface area contributed by atoms with Gasteiger partial charge in [-0.3, -0.25) is 4.57 Å². The third-order valence-electron chi connectivity index (χ3n) is 2.02. The number of nitrogens with zero attached hydrogens (tertiary/aromatic N) is 3. The van der Waals surface area contributed by atoms with Crippen LogP contribution in [0.2, 0.25) is 0 Å². The summed E-state index contributed by atoms with van der Waals surface area (Å²) in [6.07, 6.45) is 6.24. The Hall–Kier alpha value is -2.04. The molecule has 0 saturated carbocycles. The molecule has 0 aliphatic heterocycles. The van der Waals surface area contributed by atoms with Gasteiger partial charge in [0.2, 0.25) is 0 Å². The Balaban J connectivity index is 2.03. The molecule has 0 bridgehead atoms. The molecular formula is C10H11N3O2. The average molecular weight is 205 g/mol. The number of hydrogen-bond acceptors (Lipinski definition) is 3. The fourth-order valence-electron chi connectivity index (χ4n) is 1.27. The van der Waals surface area contributed by atoms with E-state index in [0.717, 1.165) is 5.76 Å². The van der Waals surface area contributed by atoms with E-state index < -0.39 is 0 Å². The van der Waals surface area contributed by atoms with E-state index >= 15 is 0 Å². The Morgan fingerprint density at radius 2 is 2.53 bits per heavy atom. The van der Waals surface area contributed by atoms with Crippen molar-refractivity contribution in [3.05, 3.63) is 42.9 Å². The zero-order chi connectivity index (χ0) is 10.7. The molecule has 15 heavy (non-hydrogen) atoms. The number of amides is 1. The first-order valence-corrected chi connectivity index (χ1v) is 4.53. The zero-order valence-electron chi connectivity index (χ0n) is 8.33. The highest BCUT2D eigenvalue weighted by atomic mass is 16.3. The molecule has 0 spiro atoms. The molecular weight excluding hydrogens is 194 g/mol. The number of imidazole rings is 1. The van der Waals surface area contributed by atoms with Gasteiger partial charge in [0.05, 0.1) is 12.8 Å². The molecule has 0 N–H and O–H groups in total. The second-order valence-electron chi connectivity index (χ2n) is 3.19. The van der Waals surface area contributed by atoms with Gasteiger partial charge in [-0.1, -0.05) is 0 Å². The minimum atomic E-state index is -0.135. The quantitative estimate of drug-likeness (QED) is 0.747. The largest absolute Gasteiger partial charge is 0.467 e. The Morgan fingerprint density at radius 3 is 3.13 bits per heavy atom. The normalized spacial score (nSPS) is 10.2. The highest BCUT2D eigenvalue weighted by Crippen LogP contribution is 2.05. The van der Waals surface area contributed by atoms with E-state index in [2.05, 4.69) is 4.98 Å². The molecule has 0 aromatic carbocycles. The molecule has 0 aliphatic carbocycles. The molecule has 0 radical (unpaired) electrons. The van der Waals surface area contributed by atoms with Gasteiger partial charge in [-0.05, 0) is 12.1 Å². The standard InChI is InChI=1S/C10H11N3O2/c1-12(7-9-3-2-6-15-9)10(14)13-5-4-11-8-13/h2-6,8H,7H2,1H3. The molecule has 1 amide bonds. The van der Waals surface area contributed by atoms with Crippen LogP contribution < -0.4 is 0 Å². The molecule has 0 fully saturated rings. The number of furan rings is 1. The minimum Gasteiger partial charge on any atom is -0.467 e. The fraction of sp³-hybridized carbons (Fsp3) is 0.200. The van der Waals surface area contributed by atoms with Crippen LogP contribution in [0.5, 0.6) is 0 Å². The van der Waals surface area contributed by atoms with Crippen LogP contribution in [-0.2, 0) is 6.54 Å². The average Bonchev–Trinajstić information content (AvgIpc) is 2.88. The highest BCUT2D eigenvalue weighted by Gasteiger charge is 2.11. The van der Waals surface area contributed by atoms with Crippen molar-refractivity contribution in [2.24, 2.45) is 0 Å². The maximum Gasteiger partial charge on any atom is 0.329 e. The van der Waals surface area contributed by atoms with Crippen molar-refractivity contribution in [2.75, 3.05) is 7.05 Å². The lowest BCUT2D eigenvalue weighted by Crippen LogP contribution is -2.29. The van der Waals surface area contributed by atoms with Crippen LogP contribution in [0, 0.1) is 0 Å². The summed E-state index contributed by atoms with van der Waals surface area (Å²) in [5, 5.41) is 0. The van der Waals surface area contributed by atoms with E-state index in [1.807, 2.05) is 6.07 Å². The molecule has 5 nitrogen and oxygen atoms in total. The number of carbonyl (C=O) groups excluding carboxylic acids is 1. The van der Waals surface area contributed by atoms with Crippen LogP contribution in [0.4, 0.5) is 4.79 Å². The second kappa shape index (κ2) is 4.00. The van der Waals surface area contributed by atoms with Crippen LogP contribution in [0.25, 0.3) is 0 Å². The summed E-state index contributed by atoms with van der Waals surface area (Å²) in [5.41, 5.74) is 0. The van der Waals surface area contributed by atoms with Crippen molar-refractivity contribution < 1.29 is 9.21 Å². The predicted octanol–water partition coefficient (Wildman–Crippen LogP) is 1.58. The van der Waals surface area contributed by atoms with E-state index in [1.54, 1.807) is 36.7 Å². The molecule has 2 heterocycles. The maximum absolute atomic E-state index is 11.7. The van der Waals surface area contributed by atoms with Gasteiger partial charge in [0.25, 0.3) is 0 Å². The molecule has 0 atom stereocenters. The summed E-state index contributed by atoms with van der Waals surface area (Å²) in [4.78, 5) is 17.1. The number of carbonyl (C=O) groups is 1. The van der Waals surface area contributed by atoms with Gasteiger partial charge in [-0.25, -0.2) is 9.78 Å². The summed E-state index contributed by atoms with van der Waals surface area (Å²) >= 11 is 0. The third kappa shape index (κ3) is 2.07. The van der Waals surface area contributed by atoms with E-state index in [-0.39, 0.29) is 6.03 Å². The molecule has 78 valence electrons. The van der Waals surface area contributed by atoms with Crippen molar-refractivity contribution in [3.63, 3.8) is 0 Å². The SMILES string of the molecule is CN(Cc1ccco1)C(=O)n1ccnc1. The van der Waals surface area contributed by atoms with Gasteiger partial charge in [-0.2, -0.15) is 0 Å². The lowest BCUT2D eigenvalue weighted by molar-refractivity contribution is 0.204. The molecule has 0 saturated heterocycles. The zero-order valence-corrected chi connectivity index (χ0v) is 8.33. The molecule has 0 aliphatic rings. The van der Waals surface area contributed by atoms with Gasteiger partial charge in [0.1, 0.15) is 12.1 Å². The maximum atomic E-state index is 11.7. The first-order valence-electron chi connectivity index (χ1n) is 4.53. The molecule has 2 aromatic rings. The first kappa shape index (κ1) is 9.51. The van der Waals surface area contributed by atoms with Crippen LogP contribution in [0.3, 0.4) is 0 Å². The van der Waals surface area contributed by atoms with Gasteiger partial charge < -0.3 is 9.32 Å². The van der Waals surface area contributed by atoms with Gasteiger partial charge >= 0.3 is 6.03 Å². The molecule has 2 rings (SSSR count). The van der Waals surface area contributed by atoms with Crippen LogP contribution in [0.15, 0.2) is 41.5 Å². The molecule has 0 unspecified atom stereocenters. The van der Waals surface area contributed by atoms with Crippen molar-refractivity contribution in [2.45, 2.75) is 6.54 Å². The Morgan fingerprint density at radius 1 is 1.67 bits per heavy atom. The van der Waals surface area contributed by atoms with E-state index in [0.29, 0.717) is 6.54 Å². The summed E-state index contributed by atoms with van der Waals surface area (Å²) < 4.78 is 6.57. The Kier molecular flexibility index (Phi) is 2.53. The smallest absolute Gasteiger partial charge is 0.329 e. The predicted molar refractivity (Wildman–Crippen MR) is 53.2 cm³/mol. The summed E-state index contributed by atoms with van der Waals surface area (Å²) in [6.45, 7) is 0.448. The van der Waals surface area contributed by atoms with Crippen molar-refractivity contribution in [3.8, 4) is 0 Å². The first-order chi connectivity index (χ1) is 7.27. The van der Waals surface area contributed by atoms with Gasteiger partial charge in [-0.15, -0.1) is 0 Å². The molecule has 2 aromatic heterocycles. The highest BCUT2D eigenvalue weighted by molar-refractivity contribution is 5.76. The molecule has 5 heteroatoms. The topological polar surface area (TPSA) is 51.3 Å². The monoisotopic (exact) mass is 205 g/mol.